The largest absolute Gasteiger partial charge is 0.497 e. The quantitative estimate of drug-likeness (QED) is 0.556. The fourth-order valence-electron chi connectivity index (χ4n) is 2.06. The van der Waals surface area contributed by atoms with E-state index >= 15 is 0 Å². The van der Waals surface area contributed by atoms with Gasteiger partial charge >= 0.3 is 0 Å². The van der Waals surface area contributed by atoms with E-state index in [1.165, 1.54) is 28.7 Å². The standard InChI is InChI=1S/C18H17N3O2S3/c1-23-15-9-5-8-14(10-15)19-16(22)12-25-18-21-20-17(26-18)24-11-13-6-3-2-4-7-13/h2-10H,11-12H2,1H3,(H,19,22). The number of nitrogens with one attached hydrogen (secondary N) is 1. The maximum atomic E-state index is 12.1. The first-order valence-corrected chi connectivity index (χ1v) is 10.6. The molecule has 1 N–H and O–H groups in total. The number of benzene rings is 2. The third-order valence-corrected chi connectivity index (χ3v) is 6.53. The Kier molecular flexibility index (Phi) is 6.93. The van der Waals surface area contributed by atoms with Crippen molar-refractivity contribution in [3.05, 3.63) is 60.2 Å². The van der Waals surface area contributed by atoms with Crippen LogP contribution in [0.15, 0.2) is 63.3 Å². The molecular weight excluding hydrogens is 386 g/mol. The van der Waals surface area contributed by atoms with E-state index in [-0.39, 0.29) is 11.7 Å². The molecule has 0 fully saturated rings. The number of carbonyl (C=O) groups excluding carboxylic acids is 1. The fraction of sp³-hybridized carbons (Fsp3) is 0.167. The van der Waals surface area contributed by atoms with Gasteiger partial charge in [-0.25, -0.2) is 0 Å². The number of nitrogens with zero attached hydrogens (tertiary/aromatic N) is 2. The maximum Gasteiger partial charge on any atom is 0.234 e. The molecule has 0 unspecified atom stereocenters. The molecule has 0 radical (unpaired) electrons. The summed E-state index contributed by atoms with van der Waals surface area (Å²) >= 11 is 4.55. The molecule has 0 spiro atoms. The summed E-state index contributed by atoms with van der Waals surface area (Å²) in [6.07, 6.45) is 0. The van der Waals surface area contributed by atoms with Crippen LogP contribution in [-0.2, 0) is 10.5 Å². The minimum atomic E-state index is -0.0862. The Morgan fingerprint density at radius 2 is 1.85 bits per heavy atom. The minimum absolute atomic E-state index is 0.0862. The Bertz CT molecular complexity index is 856. The van der Waals surface area contributed by atoms with Crippen molar-refractivity contribution in [2.75, 3.05) is 18.2 Å². The summed E-state index contributed by atoms with van der Waals surface area (Å²) in [5.74, 6) is 1.77. The van der Waals surface area contributed by atoms with E-state index in [4.69, 9.17) is 4.74 Å². The van der Waals surface area contributed by atoms with Crippen LogP contribution in [0.4, 0.5) is 5.69 Å². The van der Waals surface area contributed by atoms with Gasteiger partial charge in [0.25, 0.3) is 0 Å². The van der Waals surface area contributed by atoms with Crippen LogP contribution in [0.25, 0.3) is 0 Å². The predicted molar refractivity (Wildman–Crippen MR) is 108 cm³/mol. The Balaban J connectivity index is 1.46. The van der Waals surface area contributed by atoms with Crippen molar-refractivity contribution in [1.82, 2.24) is 10.2 Å². The molecule has 2 aromatic carbocycles. The zero-order valence-corrected chi connectivity index (χ0v) is 16.5. The van der Waals surface area contributed by atoms with Crippen LogP contribution in [-0.4, -0.2) is 29.0 Å². The van der Waals surface area contributed by atoms with Crippen molar-refractivity contribution in [3.63, 3.8) is 0 Å². The number of rotatable bonds is 8. The molecule has 0 bridgehead atoms. The fourth-order valence-corrected chi connectivity index (χ4v) is 4.83. The van der Waals surface area contributed by atoms with E-state index in [1.807, 2.05) is 36.4 Å². The number of aromatic nitrogens is 2. The molecule has 3 aromatic rings. The van der Waals surface area contributed by atoms with Crippen LogP contribution in [0, 0.1) is 0 Å². The zero-order chi connectivity index (χ0) is 18.2. The van der Waals surface area contributed by atoms with E-state index in [1.54, 1.807) is 24.9 Å². The van der Waals surface area contributed by atoms with Crippen molar-refractivity contribution >= 4 is 46.5 Å². The number of anilines is 1. The summed E-state index contributed by atoms with van der Waals surface area (Å²) in [6.45, 7) is 0. The van der Waals surface area contributed by atoms with E-state index in [0.29, 0.717) is 11.4 Å². The highest BCUT2D eigenvalue weighted by molar-refractivity contribution is 8.03. The van der Waals surface area contributed by atoms with Crippen LogP contribution in [0.1, 0.15) is 5.56 Å². The highest BCUT2D eigenvalue weighted by Crippen LogP contribution is 2.30. The molecular formula is C18H17N3O2S3. The maximum absolute atomic E-state index is 12.1. The van der Waals surface area contributed by atoms with Gasteiger partial charge in [-0.3, -0.25) is 4.79 Å². The topological polar surface area (TPSA) is 64.1 Å². The number of methoxy groups -OCH3 is 1. The molecule has 0 atom stereocenters. The molecule has 1 aromatic heterocycles. The van der Waals surface area contributed by atoms with Crippen molar-refractivity contribution < 1.29 is 9.53 Å². The molecule has 8 heteroatoms. The van der Waals surface area contributed by atoms with Gasteiger partial charge in [-0.15, -0.1) is 10.2 Å². The molecule has 1 amide bonds. The molecule has 0 aliphatic carbocycles. The monoisotopic (exact) mass is 403 g/mol. The first-order valence-electron chi connectivity index (χ1n) is 7.80. The average molecular weight is 404 g/mol. The van der Waals surface area contributed by atoms with Crippen LogP contribution in [0.2, 0.25) is 0 Å². The lowest BCUT2D eigenvalue weighted by molar-refractivity contribution is -0.113. The second kappa shape index (κ2) is 9.61. The number of hydrogen-bond acceptors (Lipinski definition) is 7. The van der Waals surface area contributed by atoms with Gasteiger partial charge in [-0.2, -0.15) is 0 Å². The molecule has 5 nitrogen and oxygen atoms in total. The summed E-state index contributed by atoms with van der Waals surface area (Å²) in [6, 6.07) is 17.5. The Morgan fingerprint density at radius 3 is 2.62 bits per heavy atom. The SMILES string of the molecule is COc1cccc(NC(=O)CSc2nnc(SCc3ccccc3)s2)c1. The number of hydrogen-bond donors (Lipinski definition) is 1. The zero-order valence-electron chi connectivity index (χ0n) is 14.0. The van der Waals surface area contributed by atoms with Crippen LogP contribution >= 0.6 is 34.9 Å². The second-order valence-corrected chi connectivity index (χ2v) is 8.60. The predicted octanol–water partition coefficient (Wildman–Crippen LogP) is 4.57. The molecule has 134 valence electrons. The van der Waals surface area contributed by atoms with Crippen molar-refractivity contribution in [3.8, 4) is 5.75 Å². The summed E-state index contributed by atoms with van der Waals surface area (Å²) < 4.78 is 6.85. The smallest absolute Gasteiger partial charge is 0.234 e. The van der Waals surface area contributed by atoms with Crippen molar-refractivity contribution in [2.45, 2.75) is 14.4 Å². The highest BCUT2D eigenvalue weighted by Gasteiger charge is 2.09. The summed E-state index contributed by atoms with van der Waals surface area (Å²) in [4.78, 5) is 12.1. The number of amides is 1. The third kappa shape index (κ3) is 5.76. The summed E-state index contributed by atoms with van der Waals surface area (Å²) in [7, 11) is 1.60. The number of carbonyl (C=O) groups is 1. The molecule has 3 rings (SSSR count). The van der Waals surface area contributed by atoms with E-state index in [2.05, 4.69) is 27.6 Å². The molecule has 0 saturated carbocycles. The van der Waals surface area contributed by atoms with Gasteiger partial charge in [0.05, 0.1) is 12.9 Å². The number of thioether (sulfide) groups is 2. The molecule has 0 aliphatic rings. The summed E-state index contributed by atoms with van der Waals surface area (Å²) in [5, 5.41) is 11.2. The Labute approximate surface area is 164 Å². The van der Waals surface area contributed by atoms with E-state index < -0.39 is 0 Å². The lowest BCUT2D eigenvalue weighted by Crippen LogP contribution is -2.13. The van der Waals surface area contributed by atoms with Crippen LogP contribution in [0.5, 0.6) is 5.75 Å². The molecule has 0 aliphatic heterocycles. The number of ether oxygens (including phenoxy) is 1. The van der Waals surface area contributed by atoms with Gasteiger partial charge < -0.3 is 10.1 Å². The molecule has 26 heavy (non-hydrogen) atoms. The van der Waals surface area contributed by atoms with Gasteiger partial charge in [-0.05, 0) is 17.7 Å². The minimum Gasteiger partial charge on any atom is -0.497 e. The molecule has 0 saturated heterocycles. The van der Waals surface area contributed by atoms with Gasteiger partial charge in [0.15, 0.2) is 8.68 Å². The van der Waals surface area contributed by atoms with Crippen molar-refractivity contribution in [1.29, 1.82) is 0 Å². The third-order valence-electron chi connectivity index (χ3n) is 3.27. The van der Waals surface area contributed by atoms with Gasteiger partial charge in [-0.1, -0.05) is 71.3 Å². The lowest BCUT2D eigenvalue weighted by Gasteiger charge is -2.06. The highest BCUT2D eigenvalue weighted by atomic mass is 32.2. The molecule has 1 heterocycles. The van der Waals surface area contributed by atoms with Gasteiger partial charge in [0, 0.05) is 17.5 Å². The lowest BCUT2D eigenvalue weighted by atomic mass is 10.2. The van der Waals surface area contributed by atoms with Gasteiger partial charge in [0.2, 0.25) is 5.91 Å². The summed E-state index contributed by atoms with van der Waals surface area (Å²) in [5.41, 5.74) is 1.96. The average Bonchev–Trinajstić information content (AvgIpc) is 3.14. The van der Waals surface area contributed by atoms with E-state index in [0.717, 1.165) is 14.4 Å². The normalized spacial score (nSPS) is 10.5. The first-order chi connectivity index (χ1) is 12.7. The Hall–Kier alpha value is -2.03. The van der Waals surface area contributed by atoms with Crippen LogP contribution < -0.4 is 10.1 Å². The first kappa shape index (κ1) is 18.8. The van der Waals surface area contributed by atoms with E-state index in [9.17, 15) is 4.79 Å². The Morgan fingerprint density at radius 1 is 1.08 bits per heavy atom. The van der Waals surface area contributed by atoms with Crippen molar-refractivity contribution in [2.24, 2.45) is 0 Å². The van der Waals surface area contributed by atoms with Gasteiger partial charge in [0.1, 0.15) is 5.75 Å². The van der Waals surface area contributed by atoms with Crippen LogP contribution in [0.3, 0.4) is 0 Å². The second-order valence-electron chi connectivity index (χ2n) is 5.18.